The molecule has 5 nitrogen and oxygen atoms in total. The smallest absolute Gasteiger partial charge is 0.240 e. The van der Waals surface area contributed by atoms with Gasteiger partial charge in [0.05, 0.1) is 23.1 Å². The summed E-state index contributed by atoms with van der Waals surface area (Å²) >= 11 is 0. The maximum absolute atomic E-state index is 12.2. The molecule has 2 aromatic rings. The zero-order valence-electron chi connectivity index (χ0n) is 12.8. The molecule has 0 spiro atoms. The van der Waals surface area contributed by atoms with Crippen LogP contribution >= 0.6 is 0 Å². The first-order chi connectivity index (χ1) is 11.0. The third kappa shape index (κ3) is 4.81. The molecule has 0 bridgehead atoms. The molecule has 2 rings (SSSR count). The Balaban J connectivity index is 1.96. The first-order valence-corrected chi connectivity index (χ1v) is 8.75. The van der Waals surface area contributed by atoms with E-state index in [0.29, 0.717) is 18.6 Å². The lowest BCUT2D eigenvalue weighted by molar-refractivity contribution is 0.340. The van der Waals surface area contributed by atoms with E-state index in [2.05, 4.69) is 4.72 Å². The number of hydrogen-bond acceptors (Lipinski definition) is 4. The van der Waals surface area contributed by atoms with Crippen molar-refractivity contribution < 1.29 is 13.2 Å². The molecule has 0 aliphatic rings. The van der Waals surface area contributed by atoms with E-state index in [1.807, 2.05) is 37.3 Å². The normalized spacial score (nSPS) is 11.0. The largest absolute Gasteiger partial charge is 0.494 e. The van der Waals surface area contributed by atoms with Gasteiger partial charge in [0.15, 0.2) is 0 Å². The number of sulfonamides is 1. The van der Waals surface area contributed by atoms with Crippen molar-refractivity contribution in [3.05, 3.63) is 59.7 Å². The van der Waals surface area contributed by atoms with Gasteiger partial charge in [-0.05, 0) is 55.3 Å². The Morgan fingerprint density at radius 1 is 1.17 bits per heavy atom. The van der Waals surface area contributed by atoms with Gasteiger partial charge in [0.1, 0.15) is 5.75 Å². The fourth-order valence-electron chi connectivity index (χ4n) is 2.08. The predicted molar refractivity (Wildman–Crippen MR) is 87.7 cm³/mol. The second-order valence-corrected chi connectivity index (χ2v) is 6.63. The van der Waals surface area contributed by atoms with Crippen LogP contribution in [0.5, 0.6) is 5.75 Å². The van der Waals surface area contributed by atoms with Gasteiger partial charge in [0.25, 0.3) is 0 Å². The molecule has 6 heteroatoms. The minimum atomic E-state index is -3.57. The topological polar surface area (TPSA) is 79.2 Å². The highest BCUT2D eigenvalue weighted by Gasteiger charge is 2.13. The summed E-state index contributed by atoms with van der Waals surface area (Å²) in [6, 6.07) is 15.4. The van der Waals surface area contributed by atoms with Crippen molar-refractivity contribution in [1.29, 1.82) is 5.26 Å². The van der Waals surface area contributed by atoms with E-state index < -0.39 is 10.0 Å². The first-order valence-electron chi connectivity index (χ1n) is 7.26. The third-order valence-corrected chi connectivity index (χ3v) is 4.69. The lowest BCUT2D eigenvalue weighted by atomic mass is 10.1. The SMILES string of the molecule is CCOc1cccc(CCNS(=O)(=O)c2ccc(C#N)cc2)c1. The average Bonchev–Trinajstić information content (AvgIpc) is 2.55. The molecule has 0 atom stereocenters. The molecule has 0 saturated carbocycles. The number of benzene rings is 2. The molecule has 0 aromatic heterocycles. The summed E-state index contributed by atoms with van der Waals surface area (Å²) in [5, 5.41) is 8.73. The van der Waals surface area contributed by atoms with Crippen LogP contribution in [0.4, 0.5) is 0 Å². The molecule has 23 heavy (non-hydrogen) atoms. The molecule has 0 fully saturated rings. The van der Waals surface area contributed by atoms with Gasteiger partial charge in [0.2, 0.25) is 10.0 Å². The number of hydrogen-bond donors (Lipinski definition) is 1. The minimum Gasteiger partial charge on any atom is -0.494 e. The molecule has 1 N–H and O–H groups in total. The number of nitrogens with one attached hydrogen (secondary N) is 1. The standard InChI is InChI=1S/C17H18N2O3S/c1-2-22-16-5-3-4-14(12-16)10-11-19-23(20,21)17-8-6-15(13-18)7-9-17/h3-9,12,19H,2,10-11H2,1H3. The molecule has 120 valence electrons. The molecule has 0 amide bonds. The Morgan fingerprint density at radius 3 is 2.57 bits per heavy atom. The fraction of sp³-hybridized carbons (Fsp3) is 0.235. The quantitative estimate of drug-likeness (QED) is 0.846. The number of rotatable bonds is 7. The fourth-order valence-corrected chi connectivity index (χ4v) is 3.11. The second kappa shape index (κ2) is 7.77. The summed E-state index contributed by atoms with van der Waals surface area (Å²) in [6.07, 6.45) is 0.566. The van der Waals surface area contributed by atoms with Crippen molar-refractivity contribution in [1.82, 2.24) is 4.72 Å². The van der Waals surface area contributed by atoms with E-state index in [1.165, 1.54) is 24.3 Å². The molecule has 0 aliphatic heterocycles. The molecule has 0 aliphatic carbocycles. The van der Waals surface area contributed by atoms with Gasteiger partial charge in [-0.3, -0.25) is 0 Å². The molecule has 0 unspecified atom stereocenters. The highest BCUT2D eigenvalue weighted by molar-refractivity contribution is 7.89. The Morgan fingerprint density at radius 2 is 1.91 bits per heavy atom. The van der Waals surface area contributed by atoms with E-state index in [1.54, 1.807) is 0 Å². The van der Waals surface area contributed by atoms with Gasteiger partial charge in [0, 0.05) is 6.54 Å². The van der Waals surface area contributed by atoms with Gasteiger partial charge in [-0.1, -0.05) is 12.1 Å². The molecule has 2 aromatic carbocycles. The molecule has 0 heterocycles. The Hall–Kier alpha value is -2.36. The van der Waals surface area contributed by atoms with Gasteiger partial charge in [-0.25, -0.2) is 13.1 Å². The van der Waals surface area contributed by atoms with Crippen molar-refractivity contribution in [2.75, 3.05) is 13.2 Å². The lowest BCUT2D eigenvalue weighted by Crippen LogP contribution is -2.26. The van der Waals surface area contributed by atoms with E-state index in [0.717, 1.165) is 11.3 Å². The molecular weight excluding hydrogens is 312 g/mol. The van der Waals surface area contributed by atoms with Crippen molar-refractivity contribution in [2.45, 2.75) is 18.2 Å². The van der Waals surface area contributed by atoms with Crippen LogP contribution in [0.15, 0.2) is 53.4 Å². The lowest BCUT2D eigenvalue weighted by Gasteiger charge is -2.08. The Kier molecular flexibility index (Phi) is 5.74. The van der Waals surface area contributed by atoms with Crippen LogP contribution in [0, 0.1) is 11.3 Å². The maximum atomic E-state index is 12.2. The van der Waals surface area contributed by atoms with E-state index in [-0.39, 0.29) is 11.4 Å². The molecule has 0 saturated heterocycles. The monoisotopic (exact) mass is 330 g/mol. The number of nitrogens with zero attached hydrogens (tertiary/aromatic N) is 1. The zero-order valence-corrected chi connectivity index (χ0v) is 13.6. The highest BCUT2D eigenvalue weighted by atomic mass is 32.2. The zero-order chi connectivity index (χ0) is 16.7. The van der Waals surface area contributed by atoms with Crippen molar-refractivity contribution in [2.24, 2.45) is 0 Å². The average molecular weight is 330 g/mol. The van der Waals surface area contributed by atoms with Crippen molar-refractivity contribution in [3.8, 4) is 11.8 Å². The second-order valence-electron chi connectivity index (χ2n) is 4.86. The van der Waals surface area contributed by atoms with E-state index >= 15 is 0 Å². The maximum Gasteiger partial charge on any atom is 0.240 e. The van der Waals surface area contributed by atoms with Gasteiger partial charge in [-0.2, -0.15) is 5.26 Å². The Bertz CT molecular complexity index is 793. The summed E-state index contributed by atoms with van der Waals surface area (Å²) in [6.45, 7) is 2.80. The van der Waals surface area contributed by atoms with Gasteiger partial charge in [-0.15, -0.1) is 0 Å². The van der Waals surface area contributed by atoms with E-state index in [4.69, 9.17) is 10.00 Å². The summed E-state index contributed by atoms with van der Waals surface area (Å²) in [4.78, 5) is 0.152. The van der Waals surface area contributed by atoms with Gasteiger partial charge >= 0.3 is 0 Å². The van der Waals surface area contributed by atoms with E-state index in [9.17, 15) is 8.42 Å². The first kappa shape index (κ1) is 17.0. The third-order valence-electron chi connectivity index (χ3n) is 3.21. The predicted octanol–water partition coefficient (Wildman–Crippen LogP) is 2.48. The van der Waals surface area contributed by atoms with Crippen molar-refractivity contribution in [3.63, 3.8) is 0 Å². The van der Waals surface area contributed by atoms with Crippen LogP contribution in [-0.2, 0) is 16.4 Å². The molecular formula is C17H18N2O3S. The van der Waals surface area contributed by atoms with Crippen LogP contribution in [-0.4, -0.2) is 21.6 Å². The summed E-state index contributed by atoms with van der Waals surface area (Å²) in [5.74, 6) is 0.778. The Labute approximate surface area is 136 Å². The summed E-state index contributed by atoms with van der Waals surface area (Å²) in [7, 11) is -3.57. The number of ether oxygens (including phenoxy) is 1. The van der Waals surface area contributed by atoms with Crippen LogP contribution in [0.2, 0.25) is 0 Å². The minimum absolute atomic E-state index is 0.152. The van der Waals surface area contributed by atoms with Crippen LogP contribution in [0.3, 0.4) is 0 Å². The van der Waals surface area contributed by atoms with Crippen LogP contribution in [0.1, 0.15) is 18.1 Å². The highest BCUT2D eigenvalue weighted by Crippen LogP contribution is 2.14. The summed E-state index contributed by atoms with van der Waals surface area (Å²) in [5.41, 5.74) is 1.43. The van der Waals surface area contributed by atoms with Gasteiger partial charge < -0.3 is 4.74 Å². The number of nitriles is 1. The van der Waals surface area contributed by atoms with Crippen molar-refractivity contribution >= 4 is 10.0 Å². The van der Waals surface area contributed by atoms with Crippen LogP contribution in [0.25, 0.3) is 0 Å². The summed E-state index contributed by atoms with van der Waals surface area (Å²) < 4.78 is 32.3. The van der Waals surface area contributed by atoms with Crippen LogP contribution < -0.4 is 9.46 Å². The molecule has 0 radical (unpaired) electrons.